The highest BCUT2D eigenvalue weighted by atomic mass is 16.2. The Morgan fingerprint density at radius 2 is 1.76 bits per heavy atom. The van der Waals surface area contributed by atoms with Crippen LogP contribution in [-0.2, 0) is 4.79 Å². The van der Waals surface area contributed by atoms with Crippen molar-refractivity contribution in [3.05, 3.63) is 65.7 Å². The van der Waals surface area contributed by atoms with Gasteiger partial charge in [0.15, 0.2) is 0 Å². The van der Waals surface area contributed by atoms with Crippen LogP contribution < -0.4 is 16.4 Å². The molecule has 2 aromatic carbocycles. The molecule has 0 heterocycles. The monoisotopic (exact) mass is 337 g/mol. The highest BCUT2D eigenvalue weighted by Gasteiger charge is 2.39. The topological polar surface area (TPSA) is 84.2 Å². The minimum absolute atomic E-state index is 0.0542. The number of anilines is 1. The first-order valence-electron chi connectivity index (χ1n) is 8.54. The number of benzene rings is 2. The number of nitrogens with one attached hydrogen (secondary N) is 2. The molecule has 1 fully saturated rings. The van der Waals surface area contributed by atoms with Crippen LogP contribution in [-0.4, -0.2) is 18.4 Å². The zero-order chi connectivity index (χ0) is 17.8. The van der Waals surface area contributed by atoms with E-state index in [1.807, 2.05) is 30.3 Å². The molecule has 0 bridgehead atoms. The van der Waals surface area contributed by atoms with Gasteiger partial charge < -0.3 is 16.4 Å². The molecule has 0 aliphatic heterocycles. The van der Waals surface area contributed by atoms with Crippen LogP contribution >= 0.6 is 0 Å². The van der Waals surface area contributed by atoms with Crippen molar-refractivity contribution in [1.82, 2.24) is 5.32 Å². The van der Waals surface area contributed by atoms with E-state index in [-0.39, 0.29) is 23.8 Å². The van der Waals surface area contributed by atoms with Gasteiger partial charge in [-0.25, -0.2) is 0 Å². The SMILES string of the molecule is CC1CC1C(=O)Nc1ccc(C(=O)NCC(N)c2ccccc2)cc1. The van der Waals surface area contributed by atoms with Gasteiger partial charge in [-0.05, 0) is 42.2 Å². The summed E-state index contributed by atoms with van der Waals surface area (Å²) < 4.78 is 0. The predicted molar refractivity (Wildman–Crippen MR) is 98.0 cm³/mol. The van der Waals surface area contributed by atoms with Crippen LogP contribution in [0.15, 0.2) is 54.6 Å². The second kappa shape index (κ2) is 7.49. The lowest BCUT2D eigenvalue weighted by Gasteiger charge is -2.13. The number of amides is 2. The number of hydrogen-bond acceptors (Lipinski definition) is 3. The first-order valence-corrected chi connectivity index (χ1v) is 8.54. The predicted octanol–water partition coefficient (Wildman–Crippen LogP) is 2.71. The molecule has 3 atom stereocenters. The number of carbonyl (C=O) groups is 2. The summed E-state index contributed by atoms with van der Waals surface area (Å²) >= 11 is 0. The van der Waals surface area contributed by atoms with Gasteiger partial charge in [0.25, 0.3) is 5.91 Å². The van der Waals surface area contributed by atoms with Crippen molar-refractivity contribution in [2.45, 2.75) is 19.4 Å². The summed E-state index contributed by atoms with van der Waals surface area (Å²) in [7, 11) is 0. The molecule has 1 saturated carbocycles. The fourth-order valence-electron chi connectivity index (χ4n) is 2.75. The highest BCUT2D eigenvalue weighted by Crippen LogP contribution is 2.38. The average molecular weight is 337 g/mol. The lowest BCUT2D eigenvalue weighted by Crippen LogP contribution is -2.31. The van der Waals surface area contributed by atoms with Crippen LogP contribution in [0.25, 0.3) is 0 Å². The summed E-state index contributed by atoms with van der Waals surface area (Å²) in [6.07, 6.45) is 0.952. The highest BCUT2D eigenvalue weighted by molar-refractivity contribution is 5.97. The third-order valence-electron chi connectivity index (χ3n) is 4.57. The van der Waals surface area contributed by atoms with Crippen molar-refractivity contribution in [1.29, 1.82) is 0 Å². The van der Waals surface area contributed by atoms with Crippen LogP contribution in [0.2, 0.25) is 0 Å². The molecular weight excluding hydrogens is 314 g/mol. The molecule has 0 radical (unpaired) electrons. The van der Waals surface area contributed by atoms with E-state index in [9.17, 15) is 9.59 Å². The minimum Gasteiger partial charge on any atom is -0.350 e. The summed E-state index contributed by atoms with van der Waals surface area (Å²) in [4.78, 5) is 24.1. The summed E-state index contributed by atoms with van der Waals surface area (Å²) in [6.45, 7) is 2.43. The van der Waals surface area contributed by atoms with E-state index in [0.29, 0.717) is 23.7 Å². The molecule has 25 heavy (non-hydrogen) atoms. The summed E-state index contributed by atoms with van der Waals surface area (Å²) in [5, 5.41) is 5.72. The molecule has 2 amide bonds. The molecule has 3 unspecified atom stereocenters. The van der Waals surface area contributed by atoms with Gasteiger partial charge in [-0.2, -0.15) is 0 Å². The molecule has 5 nitrogen and oxygen atoms in total. The standard InChI is InChI=1S/C20H23N3O2/c1-13-11-17(13)20(25)23-16-9-7-15(8-10-16)19(24)22-12-18(21)14-5-3-2-4-6-14/h2-10,13,17-18H,11-12,21H2,1H3,(H,22,24)(H,23,25). The largest absolute Gasteiger partial charge is 0.350 e. The normalized spacial score (nSPS) is 19.8. The Bertz CT molecular complexity index is 743. The number of carbonyl (C=O) groups excluding carboxylic acids is 2. The molecule has 3 rings (SSSR count). The number of nitrogens with two attached hydrogens (primary N) is 1. The Labute approximate surface area is 147 Å². The fourth-order valence-corrected chi connectivity index (χ4v) is 2.75. The van der Waals surface area contributed by atoms with Crippen LogP contribution in [0.5, 0.6) is 0 Å². The fraction of sp³-hybridized carbons (Fsp3) is 0.300. The van der Waals surface area contributed by atoms with Gasteiger partial charge in [0.1, 0.15) is 0 Å². The molecule has 0 saturated heterocycles. The maximum absolute atomic E-state index is 12.2. The van der Waals surface area contributed by atoms with E-state index in [0.717, 1.165) is 12.0 Å². The average Bonchev–Trinajstić information content (AvgIpc) is 3.37. The Kier molecular flexibility index (Phi) is 5.14. The van der Waals surface area contributed by atoms with Crippen molar-refractivity contribution in [3.63, 3.8) is 0 Å². The van der Waals surface area contributed by atoms with Crippen LogP contribution in [0.4, 0.5) is 5.69 Å². The molecule has 1 aliphatic carbocycles. The van der Waals surface area contributed by atoms with E-state index in [2.05, 4.69) is 17.6 Å². The third kappa shape index (κ3) is 4.45. The molecular formula is C20H23N3O2. The maximum Gasteiger partial charge on any atom is 0.251 e. The lowest BCUT2D eigenvalue weighted by atomic mass is 10.1. The summed E-state index contributed by atoms with van der Waals surface area (Å²) in [5.74, 6) is 0.472. The summed E-state index contributed by atoms with van der Waals surface area (Å²) in [6, 6.07) is 16.3. The van der Waals surface area contributed by atoms with E-state index >= 15 is 0 Å². The Morgan fingerprint density at radius 3 is 2.36 bits per heavy atom. The Hall–Kier alpha value is -2.66. The van der Waals surface area contributed by atoms with E-state index < -0.39 is 0 Å². The molecule has 130 valence electrons. The maximum atomic E-state index is 12.2. The zero-order valence-electron chi connectivity index (χ0n) is 14.2. The second-order valence-electron chi connectivity index (χ2n) is 6.61. The first-order chi connectivity index (χ1) is 12.0. The molecule has 0 aromatic heterocycles. The van der Waals surface area contributed by atoms with Gasteiger partial charge in [-0.15, -0.1) is 0 Å². The van der Waals surface area contributed by atoms with Gasteiger partial charge in [0.2, 0.25) is 5.91 Å². The van der Waals surface area contributed by atoms with Crippen molar-refractivity contribution in [2.24, 2.45) is 17.6 Å². The van der Waals surface area contributed by atoms with Gasteiger partial charge in [-0.1, -0.05) is 37.3 Å². The van der Waals surface area contributed by atoms with Crippen LogP contribution in [0, 0.1) is 11.8 Å². The van der Waals surface area contributed by atoms with Crippen LogP contribution in [0.3, 0.4) is 0 Å². The minimum atomic E-state index is -0.246. The summed E-state index contributed by atoms with van der Waals surface area (Å²) in [5.41, 5.74) is 8.31. The van der Waals surface area contributed by atoms with Crippen LogP contribution in [0.1, 0.15) is 35.3 Å². The van der Waals surface area contributed by atoms with E-state index in [1.54, 1.807) is 24.3 Å². The van der Waals surface area contributed by atoms with Gasteiger partial charge in [0.05, 0.1) is 0 Å². The van der Waals surface area contributed by atoms with Gasteiger partial charge in [0, 0.05) is 29.8 Å². The van der Waals surface area contributed by atoms with Crippen molar-refractivity contribution >= 4 is 17.5 Å². The second-order valence-corrected chi connectivity index (χ2v) is 6.61. The molecule has 4 N–H and O–H groups in total. The zero-order valence-corrected chi connectivity index (χ0v) is 14.2. The van der Waals surface area contributed by atoms with Crippen molar-refractivity contribution < 1.29 is 9.59 Å². The quantitative estimate of drug-likeness (QED) is 0.758. The Balaban J connectivity index is 1.51. The smallest absolute Gasteiger partial charge is 0.251 e. The van der Waals surface area contributed by atoms with E-state index in [1.165, 1.54) is 0 Å². The first kappa shape index (κ1) is 17.2. The molecule has 0 spiro atoms. The van der Waals surface area contributed by atoms with E-state index in [4.69, 9.17) is 5.73 Å². The third-order valence-corrected chi connectivity index (χ3v) is 4.57. The molecule has 1 aliphatic rings. The van der Waals surface area contributed by atoms with Gasteiger partial charge in [-0.3, -0.25) is 9.59 Å². The Morgan fingerprint density at radius 1 is 1.12 bits per heavy atom. The van der Waals surface area contributed by atoms with Gasteiger partial charge >= 0.3 is 0 Å². The number of hydrogen-bond donors (Lipinski definition) is 3. The lowest BCUT2D eigenvalue weighted by molar-refractivity contribution is -0.117. The van der Waals surface area contributed by atoms with Crippen molar-refractivity contribution in [2.75, 3.05) is 11.9 Å². The molecule has 2 aromatic rings. The number of rotatable bonds is 6. The molecule has 5 heteroatoms. The van der Waals surface area contributed by atoms with Crippen molar-refractivity contribution in [3.8, 4) is 0 Å².